The topological polar surface area (TPSA) is 36.3 Å². The van der Waals surface area contributed by atoms with Gasteiger partial charge in [0.25, 0.3) is 0 Å². The molecule has 10 heavy (non-hydrogen) atoms. The number of rotatable bonds is 6. The van der Waals surface area contributed by atoms with E-state index in [0.29, 0.717) is 6.54 Å². The van der Waals surface area contributed by atoms with Crippen LogP contribution in [0, 0.1) is 0 Å². The molecule has 3 nitrogen and oxygen atoms in total. The van der Waals surface area contributed by atoms with Gasteiger partial charge < -0.3 is 9.64 Å². The fraction of sp³-hybridized carbons (Fsp3) is 1.00. The van der Waals surface area contributed by atoms with E-state index in [4.69, 9.17) is 10.5 Å². The van der Waals surface area contributed by atoms with E-state index >= 15 is 0 Å². The second-order valence-electron chi connectivity index (χ2n) is 2.52. The molecule has 0 aromatic carbocycles. The van der Waals surface area contributed by atoms with E-state index in [0.717, 1.165) is 26.2 Å². The minimum Gasteiger partial charge on any atom is -0.380 e. The van der Waals surface area contributed by atoms with Gasteiger partial charge in [-0.05, 0) is 20.5 Å². The van der Waals surface area contributed by atoms with Crippen LogP contribution < -0.4 is 5.73 Å². The molecule has 3 heteroatoms. The molecule has 0 amide bonds. The third kappa shape index (κ3) is 7.88. The number of nitrogens with zero attached hydrogens (tertiary/aromatic N) is 1. The molecular weight excluding hydrogens is 128 g/mol. The largest absolute Gasteiger partial charge is 0.380 e. The molecule has 1 radical (unpaired) electrons. The lowest BCUT2D eigenvalue weighted by Gasteiger charge is -2.08. The highest BCUT2D eigenvalue weighted by Gasteiger charge is 1.89. The zero-order chi connectivity index (χ0) is 7.82. The maximum atomic E-state index is 6.83. The zero-order valence-corrected chi connectivity index (χ0v) is 6.89. The molecule has 0 rings (SSSR count). The van der Waals surface area contributed by atoms with Crippen LogP contribution in [0.5, 0.6) is 0 Å². The van der Waals surface area contributed by atoms with Crippen molar-refractivity contribution in [2.45, 2.75) is 6.42 Å². The van der Waals surface area contributed by atoms with E-state index in [1.807, 2.05) is 14.1 Å². The van der Waals surface area contributed by atoms with Gasteiger partial charge >= 0.3 is 0 Å². The smallest absolute Gasteiger partial charge is 0.0593 e. The van der Waals surface area contributed by atoms with Crippen LogP contribution >= 0.6 is 0 Å². The van der Waals surface area contributed by atoms with Crippen LogP contribution in [0.25, 0.3) is 0 Å². The van der Waals surface area contributed by atoms with Crippen molar-refractivity contribution in [3.63, 3.8) is 0 Å². The lowest BCUT2D eigenvalue weighted by atomic mass is 10.5. The summed E-state index contributed by atoms with van der Waals surface area (Å²) in [6.07, 6.45) is 0.855. The first kappa shape index (κ1) is 9.88. The molecule has 0 aliphatic carbocycles. The molecule has 0 atom stereocenters. The Labute approximate surface area is 63.1 Å². The molecule has 61 valence electrons. The quantitative estimate of drug-likeness (QED) is 0.502. The van der Waals surface area contributed by atoms with E-state index in [1.165, 1.54) is 0 Å². The Balaban J connectivity index is 2.77. The Morgan fingerprint density at radius 3 is 2.50 bits per heavy atom. The molecule has 0 aliphatic heterocycles. The van der Waals surface area contributed by atoms with Gasteiger partial charge in [0.1, 0.15) is 0 Å². The van der Waals surface area contributed by atoms with Crippen LogP contribution in [0.3, 0.4) is 0 Å². The normalized spacial score (nSPS) is 10.8. The molecule has 0 saturated heterocycles. The Morgan fingerprint density at radius 1 is 1.30 bits per heavy atom. The summed E-state index contributed by atoms with van der Waals surface area (Å²) in [5, 5.41) is 0. The van der Waals surface area contributed by atoms with E-state index in [9.17, 15) is 0 Å². The minimum atomic E-state index is 0.474. The Kier molecular flexibility index (Phi) is 6.91. The highest BCUT2D eigenvalue weighted by Crippen LogP contribution is 1.81. The second-order valence-corrected chi connectivity index (χ2v) is 2.52. The van der Waals surface area contributed by atoms with Gasteiger partial charge in [-0.3, -0.25) is 5.73 Å². The van der Waals surface area contributed by atoms with Gasteiger partial charge in [-0.15, -0.1) is 0 Å². The number of ether oxygens (including phenoxy) is 1. The third-order valence-corrected chi connectivity index (χ3v) is 1.15. The van der Waals surface area contributed by atoms with Crippen molar-refractivity contribution < 1.29 is 4.74 Å². The maximum Gasteiger partial charge on any atom is 0.0593 e. The SMILES string of the molecule is CN(C)CCOCCC[NH]. The highest BCUT2D eigenvalue weighted by molar-refractivity contribution is 4.40. The van der Waals surface area contributed by atoms with E-state index < -0.39 is 0 Å². The monoisotopic (exact) mass is 145 g/mol. The molecule has 0 aliphatic rings. The standard InChI is InChI=1S/C7H17N2O/c1-9(2)5-7-10-6-3-4-8/h8H,3-7H2,1-2H3. The van der Waals surface area contributed by atoms with Crippen molar-refractivity contribution in [3.8, 4) is 0 Å². The molecule has 0 saturated carbocycles. The summed E-state index contributed by atoms with van der Waals surface area (Å²) in [6.45, 7) is 2.96. The highest BCUT2D eigenvalue weighted by atomic mass is 16.5. The molecule has 0 bridgehead atoms. The first-order valence-corrected chi connectivity index (χ1v) is 3.64. The average molecular weight is 145 g/mol. The van der Waals surface area contributed by atoms with Crippen molar-refractivity contribution >= 4 is 0 Å². The summed E-state index contributed by atoms with van der Waals surface area (Å²) in [5.74, 6) is 0. The summed E-state index contributed by atoms with van der Waals surface area (Å²) in [5.41, 5.74) is 6.83. The first-order chi connectivity index (χ1) is 4.77. The Hall–Kier alpha value is -0.120. The second kappa shape index (κ2) is 6.99. The van der Waals surface area contributed by atoms with E-state index in [1.54, 1.807) is 0 Å². The van der Waals surface area contributed by atoms with Crippen molar-refractivity contribution in [2.24, 2.45) is 0 Å². The lowest BCUT2D eigenvalue weighted by molar-refractivity contribution is 0.116. The van der Waals surface area contributed by atoms with Gasteiger partial charge in [0.15, 0.2) is 0 Å². The van der Waals surface area contributed by atoms with Crippen LogP contribution in [0.2, 0.25) is 0 Å². The van der Waals surface area contributed by atoms with Gasteiger partial charge in [0, 0.05) is 19.7 Å². The molecule has 0 unspecified atom stereocenters. The average Bonchev–Trinajstić information content (AvgIpc) is 1.87. The van der Waals surface area contributed by atoms with Crippen LogP contribution in [-0.2, 0) is 4.74 Å². The minimum absolute atomic E-state index is 0.474. The van der Waals surface area contributed by atoms with Crippen molar-refractivity contribution in [1.82, 2.24) is 10.6 Å². The molecule has 1 N–H and O–H groups in total. The summed E-state index contributed by atoms with van der Waals surface area (Å²) >= 11 is 0. The first-order valence-electron chi connectivity index (χ1n) is 3.64. The molecule has 0 spiro atoms. The van der Waals surface area contributed by atoms with E-state index in [2.05, 4.69) is 4.90 Å². The van der Waals surface area contributed by atoms with Crippen LogP contribution in [0.1, 0.15) is 6.42 Å². The summed E-state index contributed by atoms with van der Waals surface area (Å²) in [6, 6.07) is 0. The van der Waals surface area contributed by atoms with Gasteiger partial charge in [-0.25, -0.2) is 0 Å². The van der Waals surface area contributed by atoms with Crippen LogP contribution in [0.4, 0.5) is 0 Å². The van der Waals surface area contributed by atoms with Gasteiger partial charge in [-0.2, -0.15) is 0 Å². The molecule has 0 aromatic heterocycles. The summed E-state index contributed by atoms with van der Waals surface area (Å²) < 4.78 is 5.22. The molecule has 0 heterocycles. The Morgan fingerprint density at radius 2 is 2.00 bits per heavy atom. The van der Waals surface area contributed by atoms with Crippen molar-refractivity contribution in [3.05, 3.63) is 0 Å². The fourth-order valence-electron chi connectivity index (χ4n) is 0.523. The van der Waals surface area contributed by atoms with Crippen LogP contribution in [-0.4, -0.2) is 45.3 Å². The number of nitrogens with one attached hydrogen (secondary N) is 1. The van der Waals surface area contributed by atoms with Gasteiger partial charge in [0.2, 0.25) is 0 Å². The zero-order valence-electron chi connectivity index (χ0n) is 6.89. The van der Waals surface area contributed by atoms with Crippen molar-refractivity contribution in [2.75, 3.05) is 40.4 Å². The number of hydrogen-bond acceptors (Lipinski definition) is 2. The van der Waals surface area contributed by atoms with Gasteiger partial charge in [-0.1, -0.05) is 0 Å². The fourth-order valence-corrected chi connectivity index (χ4v) is 0.523. The molecule has 0 fully saturated rings. The third-order valence-electron chi connectivity index (χ3n) is 1.15. The number of hydrogen-bond donors (Lipinski definition) is 0. The summed E-state index contributed by atoms with van der Waals surface area (Å²) in [4.78, 5) is 2.08. The van der Waals surface area contributed by atoms with Gasteiger partial charge in [0.05, 0.1) is 6.61 Å². The predicted octanol–water partition coefficient (Wildman–Crippen LogP) is 0.238. The maximum absolute atomic E-state index is 6.83. The number of likely N-dealkylation sites (N-methyl/N-ethyl adjacent to an activating group) is 1. The molecule has 0 aromatic rings. The predicted molar refractivity (Wildman–Crippen MR) is 42.0 cm³/mol. The van der Waals surface area contributed by atoms with E-state index in [-0.39, 0.29) is 0 Å². The molecular formula is C7H17N2O. The summed E-state index contributed by atoms with van der Waals surface area (Å²) in [7, 11) is 4.04. The Bertz CT molecular complexity index is 66.6. The van der Waals surface area contributed by atoms with Crippen LogP contribution in [0.15, 0.2) is 0 Å². The lowest BCUT2D eigenvalue weighted by Crippen LogP contribution is -2.18. The van der Waals surface area contributed by atoms with Crippen molar-refractivity contribution in [1.29, 1.82) is 0 Å².